The maximum absolute atomic E-state index is 11.5. The second kappa shape index (κ2) is 9.28. The van der Waals surface area contributed by atoms with Crippen molar-refractivity contribution >= 4 is 29.0 Å². The molecule has 1 saturated heterocycles. The Balaban J connectivity index is 1.84. The van der Waals surface area contributed by atoms with Crippen molar-refractivity contribution in [3.05, 3.63) is 58.0 Å². The summed E-state index contributed by atoms with van der Waals surface area (Å²) in [6, 6.07) is 7.45. The molecule has 0 aromatic heterocycles. The molecule has 0 bridgehead atoms. The standard InChI is InChI=1S/C20H23NO3S/c1-14(2)5-4-6-15(3)11-12-24-17-9-7-16(8-10-17)13-18-19(22)21-20(23)25-18/h5,7-11,13H,4,6,12H2,1-3H3,(H,21,22,23)/b15-11+,18-13+. The zero-order valence-corrected chi connectivity index (χ0v) is 15.6. The van der Waals surface area contributed by atoms with Crippen LogP contribution in [0.4, 0.5) is 4.79 Å². The van der Waals surface area contributed by atoms with E-state index in [4.69, 9.17) is 4.74 Å². The van der Waals surface area contributed by atoms with Crippen LogP contribution in [0.2, 0.25) is 0 Å². The Hall–Kier alpha value is -2.27. The minimum absolute atomic E-state index is 0.331. The molecule has 0 radical (unpaired) electrons. The quantitative estimate of drug-likeness (QED) is 0.546. The number of benzene rings is 1. The lowest BCUT2D eigenvalue weighted by molar-refractivity contribution is -0.115. The van der Waals surface area contributed by atoms with Gasteiger partial charge in [0, 0.05) is 0 Å². The number of ether oxygens (including phenoxy) is 1. The van der Waals surface area contributed by atoms with E-state index in [2.05, 4.69) is 38.2 Å². The number of hydrogen-bond acceptors (Lipinski definition) is 4. The Morgan fingerprint density at radius 2 is 1.84 bits per heavy atom. The molecule has 0 unspecified atom stereocenters. The SMILES string of the molecule is CC(C)=CCC/C(C)=C/COc1ccc(/C=C2/SC(=O)NC2=O)cc1. The Labute approximate surface area is 153 Å². The summed E-state index contributed by atoms with van der Waals surface area (Å²) in [4.78, 5) is 23.1. The first kappa shape index (κ1) is 19.1. The lowest BCUT2D eigenvalue weighted by atomic mass is 10.1. The van der Waals surface area contributed by atoms with E-state index >= 15 is 0 Å². The number of imide groups is 1. The molecule has 1 N–H and O–H groups in total. The number of amides is 2. The second-order valence-electron chi connectivity index (χ2n) is 6.10. The molecular weight excluding hydrogens is 334 g/mol. The molecule has 1 aliphatic heterocycles. The highest BCUT2D eigenvalue weighted by atomic mass is 32.2. The van der Waals surface area contributed by atoms with Crippen LogP contribution in [-0.2, 0) is 4.79 Å². The van der Waals surface area contributed by atoms with Gasteiger partial charge in [-0.15, -0.1) is 0 Å². The van der Waals surface area contributed by atoms with Crippen LogP contribution in [-0.4, -0.2) is 17.8 Å². The van der Waals surface area contributed by atoms with Gasteiger partial charge in [0.25, 0.3) is 11.1 Å². The van der Waals surface area contributed by atoms with Gasteiger partial charge in [0.15, 0.2) is 0 Å². The normalized spacial score (nSPS) is 16.1. The molecule has 0 saturated carbocycles. The van der Waals surface area contributed by atoms with Crippen LogP contribution in [0.5, 0.6) is 5.75 Å². The van der Waals surface area contributed by atoms with Crippen molar-refractivity contribution < 1.29 is 14.3 Å². The molecule has 1 aromatic rings. The van der Waals surface area contributed by atoms with E-state index in [9.17, 15) is 9.59 Å². The third-order valence-electron chi connectivity index (χ3n) is 3.59. The van der Waals surface area contributed by atoms with E-state index in [1.165, 1.54) is 11.1 Å². The lowest BCUT2D eigenvalue weighted by Crippen LogP contribution is -2.17. The average molecular weight is 357 g/mol. The molecule has 4 nitrogen and oxygen atoms in total. The van der Waals surface area contributed by atoms with Gasteiger partial charge in [-0.3, -0.25) is 14.9 Å². The van der Waals surface area contributed by atoms with Crippen LogP contribution in [0, 0.1) is 0 Å². The summed E-state index contributed by atoms with van der Waals surface area (Å²) >= 11 is 0.916. The fourth-order valence-corrected chi connectivity index (χ4v) is 2.89. The van der Waals surface area contributed by atoms with E-state index in [0.717, 1.165) is 35.9 Å². The molecule has 1 aliphatic rings. The summed E-state index contributed by atoms with van der Waals surface area (Å²) in [6.45, 7) is 6.87. The fraction of sp³-hybridized carbons (Fsp3) is 0.300. The summed E-state index contributed by atoms with van der Waals surface area (Å²) in [6.07, 6.45) is 8.13. The van der Waals surface area contributed by atoms with Gasteiger partial charge < -0.3 is 4.74 Å². The fourth-order valence-electron chi connectivity index (χ4n) is 2.20. The molecule has 1 aromatic carbocycles. The van der Waals surface area contributed by atoms with Gasteiger partial charge in [-0.2, -0.15) is 0 Å². The number of carbonyl (C=O) groups is 2. The zero-order valence-electron chi connectivity index (χ0n) is 14.8. The number of nitrogens with one attached hydrogen (secondary N) is 1. The predicted octanol–water partition coefficient (Wildman–Crippen LogP) is 5.08. The Bertz CT molecular complexity index is 726. The van der Waals surface area contributed by atoms with Gasteiger partial charge in [0.1, 0.15) is 12.4 Å². The largest absolute Gasteiger partial charge is 0.490 e. The van der Waals surface area contributed by atoms with Gasteiger partial charge >= 0.3 is 0 Å². The number of rotatable bonds is 7. The van der Waals surface area contributed by atoms with Crippen LogP contribution in [0.15, 0.2) is 52.5 Å². The first-order valence-electron chi connectivity index (χ1n) is 8.21. The summed E-state index contributed by atoms with van der Waals surface area (Å²) in [5, 5.41) is 1.91. The number of hydrogen-bond donors (Lipinski definition) is 1. The topological polar surface area (TPSA) is 55.4 Å². The molecule has 0 aliphatic carbocycles. The molecule has 25 heavy (non-hydrogen) atoms. The van der Waals surface area contributed by atoms with Gasteiger partial charge in [-0.1, -0.05) is 29.4 Å². The molecule has 0 atom stereocenters. The highest BCUT2D eigenvalue weighted by Crippen LogP contribution is 2.26. The highest BCUT2D eigenvalue weighted by molar-refractivity contribution is 8.18. The zero-order chi connectivity index (χ0) is 18.2. The van der Waals surface area contributed by atoms with Crippen molar-refractivity contribution in [2.75, 3.05) is 6.61 Å². The number of allylic oxidation sites excluding steroid dienone is 3. The Morgan fingerprint density at radius 3 is 2.44 bits per heavy atom. The van der Waals surface area contributed by atoms with Crippen LogP contribution < -0.4 is 10.1 Å². The molecule has 2 rings (SSSR count). The van der Waals surface area contributed by atoms with Gasteiger partial charge in [-0.05, 0) is 75.2 Å². The molecular formula is C20H23NO3S. The van der Waals surface area contributed by atoms with Gasteiger partial charge in [-0.25, -0.2) is 0 Å². The maximum atomic E-state index is 11.5. The molecule has 5 heteroatoms. The Morgan fingerprint density at radius 1 is 1.12 bits per heavy atom. The van der Waals surface area contributed by atoms with Crippen LogP contribution in [0.3, 0.4) is 0 Å². The van der Waals surface area contributed by atoms with E-state index < -0.39 is 0 Å². The molecule has 1 fully saturated rings. The summed E-state index contributed by atoms with van der Waals surface area (Å²) in [7, 11) is 0. The second-order valence-corrected chi connectivity index (χ2v) is 7.12. The van der Waals surface area contributed by atoms with Crippen molar-refractivity contribution in [3.63, 3.8) is 0 Å². The van der Waals surface area contributed by atoms with Crippen LogP contribution in [0.25, 0.3) is 6.08 Å². The third kappa shape index (κ3) is 6.63. The van der Waals surface area contributed by atoms with E-state index in [0.29, 0.717) is 11.5 Å². The van der Waals surface area contributed by atoms with Crippen LogP contribution in [0.1, 0.15) is 39.2 Å². The van der Waals surface area contributed by atoms with Crippen molar-refractivity contribution in [1.29, 1.82) is 0 Å². The minimum atomic E-state index is -0.343. The summed E-state index contributed by atoms with van der Waals surface area (Å²) < 4.78 is 5.72. The Kier molecular flexibility index (Phi) is 7.07. The van der Waals surface area contributed by atoms with Gasteiger partial charge in [0.05, 0.1) is 4.91 Å². The minimum Gasteiger partial charge on any atom is -0.490 e. The van der Waals surface area contributed by atoms with Crippen molar-refractivity contribution in [3.8, 4) is 5.75 Å². The predicted molar refractivity (Wildman–Crippen MR) is 103 cm³/mol. The number of carbonyl (C=O) groups excluding carboxylic acids is 2. The van der Waals surface area contributed by atoms with Crippen LogP contribution >= 0.6 is 11.8 Å². The number of thioether (sulfide) groups is 1. The van der Waals surface area contributed by atoms with E-state index in [1.807, 2.05) is 24.3 Å². The third-order valence-corrected chi connectivity index (χ3v) is 4.40. The molecule has 132 valence electrons. The molecule has 2 amide bonds. The summed E-state index contributed by atoms with van der Waals surface area (Å²) in [5.74, 6) is 0.430. The van der Waals surface area contributed by atoms with Crippen molar-refractivity contribution in [2.24, 2.45) is 0 Å². The molecule has 0 spiro atoms. The first-order valence-corrected chi connectivity index (χ1v) is 9.02. The lowest BCUT2D eigenvalue weighted by Gasteiger charge is -2.05. The highest BCUT2D eigenvalue weighted by Gasteiger charge is 2.24. The first-order chi connectivity index (χ1) is 11.9. The smallest absolute Gasteiger partial charge is 0.290 e. The van der Waals surface area contributed by atoms with Crippen molar-refractivity contribution in [1.82, 2.24) is 5.32 Å². The monoisotopic (exact) mass is 357 g/mol. The average Bonchev–Trinajstić information content (AvgIpc) is 2.86. The molecule has 1 heterocycles. The van der Waals surface area contributed by atoms with E-state index in [-0.39, 0.29) is 11.1 Å². The summed E-state index contributed by atoms with van der Waals surface area (Å²) in [5.41, 5.74) is 3.51. The van der Waals surface area contributed by atoms with Gasteiger partial charge in [0.2, 0.25) is 0 Å². The van der Waals surface area contributed by atoms with Crippen molar-refractivity contribution in [2.45, 2.75) is 33.6 Å². The van der Waals surface area contributed by atoms with E-state index in [1.54, 1.807) is 6.08 Å². The maximum Gasteiger partial charge on any atom is 0.290 e.